The van der Waals surface area contributed by atoms with Crippen molar-refractivity contribution in [2.75, 3.05) is 11.5 Å². The molecule has 0 bridgehead atoms. The van der Waals surface area contributed by atoms with E-state index in [1.807, 2.05) is 37.3 Å². The number of aromatic nitrogens is 2. The molecule has 29 heavy (non-hydrogen) atoms. The molecule has 2 aromatic carbocycles. The Labute approximate surface area is 180 Å². The zero-order chi connectivity index (χ0) is 20.9. The molecule has 0 aliphatic carbocycles. The van der Waals surface area contributed by atoms with E-state index in [1.54, 1.807) is 18.2 Å². The van der Waals surface area contributed by atoms with Crippen molar-refractivity contribution in [2.24, 2.45) is 0 Å². The minimum Gasteiger partial charge on any atom is -0.384 e. The fraction of sp³-hybridized carbons (Fsp3) is 0.200. The molecule has 152 valence electrons. The summed E-state index contributed by atoms with van der Waals surface area (Å²) in [5.74, 6) is 1.04. The highest BCUT2D eigenvalue weighted by Gasteiger charge is 2.21. The Hall–Kier alpha value is -2.13. The summed E-state index contributed by atoms with van der Waals surface area (Å²) in [6.45, 7) is 1.86. The number of thioether (sulfide) groups is 1. The first-order valence-corrected chi connectivity index (χ1v) is 11.7. The molecule has 0 saturated carbocycles. The highest BCUT2D eigenvalue weighted by molar-refractivity contribution is 7.99. The van der Waals surface area contributed by atoms with Gasteiger partial charge in [-0.05, 0) is 43.2 Å². The first-order valence-electron chi connectivity index (χ1n) is 8.90. The largest absolute Gasteiger partial charge is 0.384 e. The van der Waals surface area contributed by atoms with Crippen LogP contribution in [0, 0.1) is 6.92 Å². The normalized spacial score (nSPS) is 12.6. The average Bonchev–Trinajstić information content (AvgIpc) is 2.67. The van der Waals surface area contributed by atoms with E-state index in [0.29, 0.717) is 28.2 Å². The summed E-state index contributed by atoms with van der Waals surface area (Å²) in [4.78, 5) is 8.74. The van der Waals surface area contributed by atoms with Gasteiger partial charge in [0, 0.05) is 28.6 Å². The molecule has 1 aromatic heterocycles. The van der Waals surface area contributed by atoms with Crippen molar-refractivity contribution in [1.82, 2.24) is 14.7 Å². The van der Waals surface area contributed by atoms with Crippen LogP contribution in [-0.2, 0) is 10.0 Å². The van der Waals surface area contributed by atoms with Crippen molar-refractivity contribution in [3.05, 3.63) is 76.9 Å². The van der Waals surface area contributed by atoms with Crippen LogP contribution in [0.2, 0.25) is 5.02 Å². The number of hydrogen-bond donors (Lipinski definition) is 2. The van der Waals surface area contributed by atoms with Crippen LogP contribution in [0.25, 0.3) is 0 Å². The van der Waals surface area contributed by atoms with Crippen LogP contribution >= 0.6 is 23.4 Å². The Morgan fingerprint density at radius 2 is 1.79 bits per heavy atom. The highest BCUT2D eigenvalue weighted by Crippen LogP contribution is 2.25. The maximum atomic E-state index is 12.8. The smallest absolute Gasteiger partial charge is 0.241 e. The van der Waals surface area contributed by atoms with E-state index >= 15 is 0 Å². The second-order valence-corrected chi connectivity index (χ2v) is 9.60. The Balaban J connectivity index is 1.75. The molecule has 0 fully saturated rings. The molecule has 1 atom stereocenters. The number of hydrogen-bond acceptors (Lipinski definition) is 6. The number of halogens is 1. The second-order valence-electron chi connectivity index (χ2n) is 6.39. The Kier molecular flexibility index (Phi) is 7.13. The highest BCUT2D eigenvalue weighted by atomic mass is 35.5. The lowest BCUT2D eigenvalue weighted by Gasteiger charge is -2.19. The third-order valence-electron chi connectivity index (χ3n) is 4.11. The molecule has 0 radical (unpaired) electrons. The molecule has 3 rings (SSSR count). The molecule has 0 amide bonds. The number of nitrogen functional groups attached to an aromatic ring is 1. The van der Waals surface area contributed by atoms with Crippen molar-refractivity contribution in [2.45, 2.75) is 29.4 Å². The maximum absolute atomic E-state index is 12.8. The zero-order valence-electron chi connectivity index (χ0n) is 15.7. The molecule has 9 heteroatoms. The molecule has 0 saturated heterocycles. The van der Waals surface area contributed by atoms with E-state index in [2.05, 4.69) is 14.7 Å². The first kappa shape index (κ1) is 21.6. The summed E-state index contributed by atoms with van der Waals surface area (Å²) in [6.07, 6.45) is 0.554. The maximum Gasteiger partial charge on any atom is 0.241 e. The Bertz CT molecular complexity index is 1040. The van der Waals surface area contributed by atoms with Crippen LogP contribution in [0.5, 0.6) is 0 Å². The number of nitrogens with zero attached hydrogens (tertiary/aromatic N) is 2. The molecule has 3 aromatic rings. The monoisotopic (exact) mass is 448 g/mol. The number of anilines is 1. The fourth-order valence-electron chi connectivity index (χ4n) is 2.75. The van der Waals surface area contributed by atoms with Crippen LogP contribution in [0.3, 0.4) is 0 Å². The molecular weight excluding hydrogens is 428 g/mol. The molecule has 1 heterocycles. The van der Waals surface area contributed by atoms with Crippen molar-refractivity contribution >= 4 is 39.2 Å². The van der Waals surface area contributed by atoms with Gasteiger partial charge < -0.3 is 5.73 Å². The number of nitrogens with two attached hydrogens (primary N) is 1. The lowest BCUT2D eigenvalue weighted by atomic mass is 10.1. The quantitative estimate of drug-likeness (QED) is 0.395. The zero-order valence-corrected chi connectivity index (χ0v) is 18.1. The van der Waals surface area contributed by atoms with E-state index in [0.717, 1.165) is 11.3 Å². The minimum absolute atomic E-state index is 0.172. The summed E-state index contributed by atoms with van der Waals surface area (Å²) in [7, 11) is -3.70. The van der Waals surface area contributed by atoms with Gasteiger partial charge in [-0.3, -0.25) is 0 Å². The van der Waals surface area contributed by atoms with Crippen LogP contribution < -0.4 is 10.5 Å². The van der Waals surface area contributed by atoms with Gasteiger partial charge >= 0.3 is 0 Å². The number of sulfonamides is 1. The van der Waals surface area contributed by atoms with Crippen LogP contribution in [-0.4, -0.2) is 24.1 Å². The van der Waals surface area contributed by atoms with Crippen LogP contribution in [0.15, 0.2) is 70.7 Å². The van der Waals surface area contributed by atoms with Crippen molar-refractivity contribution in [3.63, 3.8) is 0 Å². The Morgan fingerprint density at radius 3 is 2.45 bits per heavy atom. The molecule has 0 aliphatic rings. The molecule has 6 nitrogen and oxygen atoms in total. The Morgan fingerprint density at radius 1 is 1.10 bits per heavy atom. The first-order chi connectivity index (χ1) is 13.8. The molecule has 0 spiro atoms. The van der Waals surface area contributed by atoms with Gasteiger partial charge in [-0.1, -0.05) is 53.7 Å². The fourth-order valence-corrected chi connectivity index (χ4v) is 5.05. The van der Waals surface area contributed by atoms with Crippen molar-refractivity contribution in [1.29, 1.82) is 0 Å². The topological polar surface area (TPSA) is 98.0 Å². The predicted molar refractivity (Wildman–Crippen MR) is 117 cm³/mol. The van der Waals surface area contributed by atoms with Gasteiger partial charge in [0.25, 0.3) is 0 Å². The number of rotatable bonds is 8. The molecule has 3 N–H and O–H groups in total. The third kappa shape index (κ3) is 6.17. The SMILES string of the molecule is Cc1cc(N)nc(SCCC(NS(=O)(=O)c2ccc(Cl)cc2)c2ccccc2)n1. The van der Waals surface area contributed by atoms with Gasteiger partial charge in [-0.15, -0.1) is 0 Å². The van der Waals surface area contributed by atoms with E-state index in [1.165, 1.54) is 23.9 Å². The lowest BCUT2D eigenvalue weighted by Crippen LogP contribution is -2.29. The van der Waals surface area contributed by atoms with Gasteiger partial charge in [-0.25, -0.2) is 23.1 Å². The van der Waals surface area contributed by atoms with Crippen molar-refractivity contribution < 1.29 is 8.42 Å². The second kappa shape index (κ2) is 9.58. The minimum atomic E-state index is -3.70. The van der Waals surface area contributed by atoms with Crippen LogP contribution in [0.1, 0.15) is 23.7 Å². The van der Waals surface area contributed by atoms with Crippen LogP contribution in [0.4, 0.5) is 5.82 Å². The standard InChI is InChI=1S/C20H21ClN4O2S2/c1-14-13-19(22)24-20(23-14)28-12-11-18(15-5-3-2-4-6-15)25-29(26,27)17-9-7-16(21)8-10-17/h2-10,13,18,25H,11-12H2,1H3,(H2,22,23,24). The summed E-state index contributed by atoms with van der Waals surface area (Å²) < 4.78 is 28.5. The van der Waals surface area contributed by atoms with Gasteiger partial charge in [0.2, 0.25) is 10.0 Å². The summed E-state index contributed by atoms with van der Waals surface area (Å²) >= 11 is 7.31. The van der Waals surface area contributed by atoms with Gasteiger partial charge in [0.15, 0.2) is 5.16 Å². The van der Waals surface area contributed by atoms with E-state index in [9.17, 15) is 8.42 Å². The molecular formula is C20H21ClN4O2S2. The summed E-state index contributed by atoms with van der Waals surface area (Å²) in [5.41, 5.74) is 7.45. The van der Waals surface area contributed by atoms with E-state index < -0.39 is 16.1 Å². The number of benzene rings is 2. The third-order valence-corrected chi connectivity index (χ3v) is 6.73. The number of aryl methyl sites for hydroxylation is 1. The van der Waals surface area contributed by atoms with E-state index in [4.69, 9.17) is 17.3 Å². The molecule has 1 unspecified atom stereocenters. The molecule has 0 aliphatic heterocycles. The average molecular weight is 449 g/mol. The van der Waals surface area contributed by atoms with Crippen molar-refractivity contribution in [3.8, 4) is 0 Å². The number of nitrogens with one attached hydrogen (secondary N) is 1. The lowest BCUT2D eigenvalue weighted by molar-refractivity contribution is 0.551. The van der Waals surface area contributed by atoms with Gasteiger partial charge in [0.05, 0.1) is 4.90 Å². The van der Waals surface area contributed by atoms with E-state index in [-0.39, 0.29) is 4.90 Å². The summed E-state index contributed by atoms with van der Waals surface area (Å²) in [5, 5.41) is 1.06. The predicted octanol–water partition coefficient (Wildman–Crippen LogP) is 4.22. The van der Waals surface area contributed by atoms with Gasteiger partial charge in [0.1, 0.15) is 5.82 Å². The summed E-state index contributed by atoms with van der Waals surface area (Å²) in [6, 6.07) is 16.9. The van der Waals surface area contributed by atoms with Gasteiger partial charge in [-0.2, -0.15) is 0 Å².